The van der Waals surface area contributed by atoms with E-state index in [2.05, 4.69) is 128 Å². The number of ketones is 2. The molecule has 0 aliphatic heterocycles. The van der Waals surface area contributed by atoms with E-state index in [1.54, 1.807) is 0 Å². The normalized spacial score (nSPS) is 16.9. The van der Waals surface area contributed by atoms with Gasteiger partial charge in [-0.1, -0.05) is 140 Å². The number of carbonyl (C=O) groups excluding carboxylic acids is 2. The molecule has 2 aliphatic rings. The van der Waals surface area contributed by atoms with Crippen LogP contribution in [0.5, 0.6) is 11.5 Å². The van der Waals surface area contributed by atoms with Gasteiger partial charge in [0.2, 0.25) is 5.78 Å². The second-order valence-corrected chi connectivity index (χ2v) is 20.4. The Hall–Kier alpha value is -4.26. The van der Waals surface area contributed by atoms with Crippen molar-refractivity contribution in [3.63, 3.8) is 0 Å². The van der Waals surface area contributed by atoms with Crippen molar-refractivity contribution in [2.45, 2.75) is 125 Å². The molecule has 7 rings (SSSR count). The Morgan fingerprint density at radius 1 is 0.596 bits per heavy atom. The van der Waals surface area contributed by atoms with E-state index < -0.39 is 5.78 Å². The molecule has 0 atom stereocenters. The van der Waals surface area contributed by atoms with Crippen LogP contribution in [-0.4, -0.2) is 21.8 Å². The van der Waals surface area contributed by atoms with Crippen LogP contribution < -0.4 is 0 Å². The van der Waals surface area contributed by atoms with Crippen molar-refractivity contribution < 1.29 is 19.8 Å². The molecule has 5 aromatic carbocycles. The summed E-state index contributed by atoms with van der Waals surface area (Å²) in [4.78, 5) is 32.9. The summed E-state index contributed by atoms with van der Waals surface area (Å²) in [7, 11) is 0. The lowest BCUT2D eigenvalue weighted by Gasteiger charge is -2.27. The van der Waals surface area contributed by atoms with Crippen LogP contribution in [0.25, 0.3) is 11.1 Å². The van der Waals surface area contributed by atoms with E-state index in [1.165, 1.54) is 60.3 Å². The van der Waals surface area contributed by atoms with E-state index >= 15 is 4.79 Å². The maximum Gasteiger partial charge on any atom is 0.202 e. The van der Waals surface area contributed by atoms with Crippen LogP contribution in [0, 0.1) is 17.8 Å². The fraction of sp³-hybridized carbons (Fsp3) is 0.373. The maximum atomic E-state index is 15.0. The minimum Gasteiger partial charge on any atom is -0.507 e. The van der Waals surface area contributed by atoms with Crippen LogP contribution in [0.1, 0.15) is 141 Å². The van der Waals surface area contributed by atoms with Gasteiger partial charge in [0.1, 0.15) is 11.5 Å². The van der Waals surface area contributed by atoms with E-state index in [0.29, 0.717) is 39.7 Å². The SMILES string of the molecule is CC(C)Cc1cc(Sc2ccc(-c3ccc(C4CCC(C)CC4)cc3)cc2)c2c(c1O)C(=O)c1c(O)c(CC(C)C)cc(Sc3ccc(C(C)(C)C)cc3)c1C2=O. The number of rotatable bonds is 10. The molecule has 296 valence electrons. The molecule has 1 saturated carbocycles. The Balaban J connectivity index is 1.27. The minimum absolute atomic E-state index is 0.0128. The monoisotopic (exact) mass is 796 g/mol. The van der Waals surface area contributed by atoms with Gasteiger partial charge in [-0.3, -0.25) is 9.59 Å². The molecule has 2 N–H and O–H groups in total. The lowest BCUT2D eigenvalue weighted by molar-refractivity contribution is 0.0969. The van der Waals surface area contributed by atoms with Gasteiger partial charge in [0.25, 0.3) is 0 Å². The van der Waals surface area contributed by atoms with E-state index in [4.69, 9.17) is 0 Å². The molecule has 0 unspecified atom stereocenters. The zero-order valence-corrected chi connectivity index (χ0v) is 36.3. The zero-order chi connectivity index (χ0) is 40.8. The molecule has 0 bridgehead atoms. The molecule has 0 radical (unpaired) electrons. The van der Waals surface area contributed by atoms with Crippen LogP contribution in [0.15, 0.2) is 105 Å². The first-order valence-corrected chi connectivity index (χ1v) is 22.3. The highest BCUT2D eigenvalue weighted by molar-refractivity contribution is 7.99. The molecule has 5 aromatic rings. The summed E-state index contributed by atoms with van der Waals surface area (Å²) in [6, 6.07) is 29.4. The molecule has 2 aliphatic carbocycles. The lowest BCUT2D eigenvalue weighted by Crippen LogP contribution is -2.24. The van der Waals surface area contributed by atoms with E-state index in [9.17, 15) is 15.0 Å². The third-order valence-corrected chi connectivity index (χ3v) is 13.7. The summed E-state index contributed by atoms with van der Waals surface area (Å²) in [5, 5.41) is 23.6. The molecular formula is C51H56O4S2. The second kappa shape index (κ2) is 16.5. The van der Waals surface area contributed by atoms with Crippen molar-refractivity contribution in [2.75, 3.05) is 0 Å². The summed E-state index contributed by atoms with van der Waals surface area (Å²) in [6.07, 6.45) is 6.19. The Morgan fingerprint density at radius 3 is 1.42 bits per heavy atom. The van der Waals surface area contributed by atoms with Gasteiger partial charge in [-0.25, -0.2) is 0 Å². The summed E-state index contributed by atoms with van der Waals surface area (Å²) in [5.74, 6) is 0.647. The number of hydrogen-bond donors (Lipinski definition) is 2. The van der Waals surface area contributed by atoms with E-state index in [1.807, 2.05) is 12.1 Å². The van der Waals surface area contributed by atoms with Crippen molar-refractivity contribution in [1.82, 2.24) is 0 Å². The largest absolute Gasteiger partial charge is 0.507 e. The van der Waals surface area contributed by atoms with Crippen LogP contribution in [0.3, 0.4) is 0 Å². The summed E-state index contributed by atoms with van der Waals surface area (Å²) in [6.45, 7) is 17.1. The van der Waals surface area contributed by atoms with Crippen molar-refractivity contribution in [2.24, 2.45) is 17.8 Å². The van der Waals surface area contributed by atoms with Crippen molar-refractivity contribution in [1.29, 1.82) is 0 Å². The molecule has 0 heterocycles. The predicted molar refractivity (Wildman–Crippen MR) is 236 cm³/mol. The van der Waals surface area contributed by atoms with Gasteiger partial charge in [-0.15, -0.1) is 0 Å². The number of phenolic OH excluding ortho intramolecular Hbond substituents is 2. The molecule has 0 amide bonds. The standard InChI is InChI=1S/C51H56O4S2/c1-29(2)25-36-27-41(56-39-21-17-35(18-22-39)34-15-13-33(14-16-34)32-11-9-31(5)10-12-32)43-45(47(36)52)50(55)46-44(49(43)54)42(28-37(48(46)53)26-30(3)4)57-40-23-19-38(20-24-40)51(6,7)8/h13-24,27-32,52-53H,9-12,25-26H2,1-8H3. The second-order valence-electron chi connectivity index (χ2n) is 18.2. The number of hydrogen-bond acceptors (Lipinski definition) is 6. The molecular weight excluding hydrogens is 741 g/mol. The molecule has 1 fully saturated rings. The summed E-state index contributed by atoms with van der Waals surface area (Å²) in [5.41, 5.74) is 6.49. The molecule has 0 saturated heterocycles. The average Bonchev–Trinajstić information content (AvgIpc) is 3.16. The van der Waals surface area contributed by atoms with Gasteiger partial charge in [0.15, 0.2) is 5.78 Å². The third-order valence-electron chi connectivity index (χ3n) is 11.6. The molecule has 0 aromatic heterocycles. The Labute approximate surface area is 347 Å². The van der Waals surface area contributed by atoms with Crippen LogP contribution in [0.2, 0.25) is 0 Å². The van der Waals surface area contributed by atoms with Gasteiger partial charge < -0.3 is 10.2 Å². The highest BCUT2D eigenvalue weighted by Crippen LogP contribution is 2.49. The number of aromatic hydroxyl groups is 2. The Morgan fingerprint density at radius 2 is 1.00 bits per heavy atom. The first-order valence-electron chi connectivity index (χ1n) is 20.6. The number of benzene rings is 5. The maximum absolute atomic E-state index is 15.0. The lowest BCUT2D eigenvalue weighted by atomic mass is 9.79. The first-order chi connectivity index (χ1) is 27.1. The van der Waals surface area contributed by atoms with Crippen molar-refractivity contribution in [3.05, 3.63) is 129 Å². The fourth-order valence-corrected chi connectivity index (χ4v) is 10.5. The van der Waals surface area contributed by atoms with Crippen molar-refractivity contribution in [3.8, 4) is 22.6 Å². The van der Waals surface area contributed by atoms with Gasteiger partial charge in [0.05, 0.1) is 22.3 Å². The fourth-order valence-electron chi connectivity index (χ4n) is 8.43. The Kier molecular flexibility index (Phi) is 11.9. The highest BCUT2D eigenvalue weighted by atomic mass is 32.2. The van der Waals surface area contributed by atoms with Gasteiger partial charge >= 0.3 is 0 Å². The summed E-state index contributed by atoms with van der Waals surface area (Å²) >= 11 is 2.87. The molecule has 4 nitrogen and oxygen atoms in total. The Bertz CT molecular complexity index is 2290. The average molecular weight is 797 g/mol. The molecule has 57 heavy (non-hydrogen) atoms. The zero-order valence-electron chi connectivity index (χ0n) is 34.7. The predicted octanol–water partition coefficient (Wildman–Crippen LogP) is 13.8. The number of fused-ring (bicyclic) bond motifs is 2. The van der Waals surface area contributed by atoms with Gasteiger partial charge in [-0.05, 0) is 125 Å². The molecule has 0 spiro atoms. The van der Waals surface area contributed by atoms with Gasteiger partial charge in [0, 0.05) is 19.6 Å². The third kappa shape index (κ3) is 8.64. The van der Waals surface area contributed by atoms with Crippen LogP contribution in [0.4, 0.5) is 0 Å². The highest BCUT2D eigenvalue weighted by Gasteiger charge is 2.40. The number of phenols is 2. The van der Waals surface area contributed by atoms with E-state index in [0.717, 1.165) is 26.8 Å². The van der Waals surface area contributed by atoms with Crippen LogP contribution in [-0.2, 0) is 18.3 Å². The molecule has 6 heteroatoms. The summed E-state index contributed by atoms with van der Waals surface area (Å²) < 4.78 is 0. The quantitative estimate of drug-likeness (QED) is 0.144. The van der Waals surface area contributed by atoms with Gasteiger partial charge in [-0.2, -0.15) is 0 Å². The van der Waals surface area contributed by atoms with E-state index in [-0.39, 0.29) is 56.8 Å². The first kappa shape index (κ1) is 40.9. The number of carbonyl (C=O) groups is 2. The topological polar surface area (TPSA) is 74.6 Å². The van der Waals surface area contributed by atoms with Crippen molar-refractivity contribution >= 4 is 35.1 Å². The smallest absolute Gasteiger partial charge is 0.202 e. The van der Waals surface area contributed by atoms with Crippen LogP contribution >= 0.6 is 23.5 Å². The minimum atomic E-state index is -0.515.